The Balaban J connectivity index is 2.52. The number of nitrogens with one attached hydrogen (secondary N) is 1. The van der Waals surface area contributed by atoms with Crippen molar-refractivity contribution in [2.75, 3.05) is 13.2 Å². The van der Waals surface area contributed by atoms with Crippen LogP contribution in [0.3, 0.4) is 0 Å². The Hall–Kier alpha value is -2.08. The zero-order valence-corrected chi connectivity index (χ0v) is 12.5. The molecule has 2 N–H and O–H groups in total. The molecule has 6 heteroatoms. The average molecular weight is 295 g/mol. The predicted molar refractivity (Wildman–Crippen MR) is 77.6 cm³/mol. The van der Waals surface area contributed by atoms with E-state index in [0.717, 1.165) is 0 Å². The van der Waals surface area contributed by atoms with Crippen LogP contribution in [0.2, 0.25) is 0 Å². The highest BCUT2D eigenvalue weighted by Crippen LogP contribution is 2.17. The van der Waals surface area contributed by atoms with Gasteiger partial charge in [0.2, 0.25) is 0 Å². The van der Waals surface area contributed by atoms with Crippen LogP contribution in [0.5, 0.6) is 11.5 Å². The number of carbonyl (C=O) groups is 2. The Bertz CT molecular complexity index is 485. The summed E-state index contributed by atoms with van der Waals surface area (Å²) >= 11 is 0. The molecule has 0 bridgehead atoms. The van der Waals surface area contributed by atoms with Gasteiger partial charge in [-0.15, -0.1) is 0 Å². The van der Waals surface area contributed by atoms with Crippen molar-refractivity contribution in [1.29, 1.82) is 0 Å². The molecule has 6 nitrogen and oxygen atoms in total. The van der Waals surface area contributed by atoms with Gasteiger partial charge in [0.05, 0.1) is 13.2 Å². The lowest BCUT2D eigenvalue weighted by atomic mass is 9.99. The SMILES string of the molecule is CCOc1ccc(OC(=O)CNC(C)(CC)C(=O)O)cc1. The lowest BCUT2D eigenvalue weighted by Gasteiger charge is -2.23. The van der Waals surface area contributed by atoms with Crippen LogP contribution in [0.4, 0.5) is 0 Å². The van der Waals surface area contributed by atoms with Gasteiger partial charge in [-0.3, -0.25) is 14.9 Å². The van der Waals surface area contributed by atoms with Gasteiger partial charge < -0.3 is 14.6 Å². The van der Waals surface area contributed by atoms with Crippen molar-refractivity contribution in [1.82, 2.24) is 5.32 Å². The summed E-state index contributed by atoms with van der Waals surface area (Å²) in [6.45, 7) is 5.53. The molecule has 0 heterocycles. The topological polar surface area (TPSA) is 84.9 Å². The Kier molecular flexibility index (Phi) is 6.17. The molecule has 1 aromatic rings. The molecule has 1 atom stereocenters. The van der Waals surface area contributed by atoms with Gasteiger partial charge in [0, 0.05) is 0 Å². The summed E-state index contributed by atoms with van der Waals surface area (Å²) in [7, 11) is 0. The molecule has 0 aliphatic rings. The van der Waals surface area contributed by atoms with Gasteiger partial charge in [0.15, 0.2) is 0 Å². The molecule has 0 saturated carbocycles. The second-order valence-electron chi connectivity index (χ2n) is 4.72. The number of aliphatic carboxylic acids is 1. The molecule has 1 aromatic carbocycles. The number of esters is 1. The van der Waals surface area contributed by atoms with Gasteiger partial charge in [-0.25, -0.2) is 0 Å². The van der Waals surface area contributed by atoms with E-state index < -0.39 is 17.5 Å². The first-order valence-electron chi connectivity index (χ1n) is 6.83. The van der Waals surface area contributed by atoms with Crippen molar-refractivity contribution in [3.63, 3.8) is 0 Å². The first-order valence-corrected chi connectivity index (χ1v) is 6.83. The van der Waals surface area contributed by atoms with E-state index in [0.29, 0.717) is 24.5 Å². The fourth-order valence-electron chi connectivity index (χ4n) is 1.56. The van der Waals surface area contributed by atoms with E-state index in [1.807, 2.05) is 6.92 Å². The van der Waals surface area contributed by atoms with E-state index in [4.69, 9.17) is 14.6 Å². The van der Waals surface area contributed by atoms with Crippen molar-refractivity contribution >= 4 is 11.9 Å². The number of carboxylic acid groups (broad SMARTS) is 1. The second kappa shape index (κ2) is 7.64. The van der Waals surface area contributed by atoms with Crippen molar-refractivity contribution in [3.8, 4) is 11.5 Å². The summed E-state index contributed by atoms with van der Waals surface area (Å²) in [5.74, 6) is -0.461. The van der Waals surface area contributed by atoms with E-state index >= 15 is 0 Å². The summed E-state index contributed by atoms with van der Waals surface area (Å²) in [4.78, 5) is 22.8. The van der Waals surface area contributed by atoms with Gasteiger partial charge in [-0.1, -0.05) is 6.92 Å². The normalized spacial score (nSPS) is 13.3. The molecule has 1 unspecified atom stereocenters. The highest BCUT2D eigenvalue weighted by atomic mass is 16.5. The van der Waals surface area contributed by atoms with Crippen LogP contribution in [-0.2, 0) is 9.59 Å². The van der Waals surface area contributed by atoms with Crippen LogP contribution in [0.25, 0.3) is 0 Å². The largest absolute Gasteiger partial charge is 0.494 e. The lowest BCUT2D eigenvalue weighted by molar-refractivity contribution is -0.144. The van der Waals surface area contributed by atoms with E-state index in [1.54, 1.807) is 31.2 Å². The van der Waals surface area contributed by atoms with Crippen LogP contribution >= 0.6 is 0 Å². The lowest BCUT2D eigenvalue weighted by Crippen LogP contribution is -2.51. The maximum Gasteiger partial charge on any atom is 0.325 e. The maximum atomic E-state index is 11.7. The van der Waals surface area contributed by atoms with Crippen LogP contribution in [0.1, 0.15) is 27.2 Å². The monoisotopic (exact) mass is 295 g/mol. The van der Waals surface area contributed by atoms with Gasteiger partial charge >= 0.3 is 11.9 Å². The van der Waals surface area contributed by atoms with Crippen LogP contribution in [0.15, 0.2) is 24.3 Å². The molecule has 1 rings (SSSR count). The highest BCUT2D eigenvalue weighted by Gasteiger charge is 2.31. The maximum absolute atomic E-state index is 11.7. The number of carbonyl (C=O) groups excluding carboxylic acids is 1. The summed E-state index contributed by atoms with van der Waals surface area (Å²) in [5, 5.41) is 11.8. The number of ether oxygens (including phenoxy) is 2. The van der Waals surface area contributed by atoms with E-state index in [9.17, 15) is 9.59 Å². The molecular weight excluding hydrogens is 274 g/mol. The summed E-state index contributed by atoms with van der Waals surface area (Å²) in [6.07, 6.45) is 0.360. The average Bonchev–Trinajstić information content (AvgIpc) is 2.47. The van der Waals surface area contributed by atoms with Gasteiger partial charge in [0.1, 0.15) is 17.0 Å². The third kappa shape index (κ3) is 5.07. The first-order chi connectivity index (χ1) is 9.91. The fraction of sp³-hybridized carbons (Fsp3) is 0.467. The zero-order valence-electron chi connectivity index (χ0n) is 12.5. The van der Waals surface area contributed by atoms with Crippen molar-refractivity contribution in [2.24, 2.45) is 0 Å². The van der Waals surface area contributed by atoms with Gasteiger partial charge in [0.25, 0.3) is 0 Å². The standard InChI is InChI=1S/C15H21NO5/c1-4-15(3,14(18)19)16-10-13(17)21-12-8-6-11(7-9-12)20-5-2/h6-9,16H,4-5,10H2,1-3H3,(H,18,19). The number of hydrogen-bond acceptors (Lipinski definition) is 5. The van der Waals surface area contributed by atoms with E-state index in [1.165, 1.54) is 6.92 Å². The molecule has 0 amide bonds. The molecule has 0 radical (unpaired) electrons. The highest BCUT2D eigenvalue weighted by molar-refractivity contribution is 5.80. The third-order valence-electron chi connectivity index (χ3n) is 3.17. The summed E-state index contributed by atoms with van der Waals surface area (Å²) in [6, 6.07) is 6.65. The summed E-state index contributed by atoms with van der Waals surface area (Å²) in [5.41, 5.74) is -1.14. The molecule has 0 aliphatic heterocycles. The second-order valence-corrected chi connectivity index (χ2v) is 4.72. The molecule has 0 spiro atoms. The number of carboxylic acids is 1. The zero-order chi connectivity index (χ0) is 15.9. The van der Waals surface area contributed by atoms with Gasteiger partial charge in [-0.05, 0) is 44.5 Å². The molecule has 0 fully saturated rings. The molecule has 21 heavy (non-hydrogen) atoms. The first kappa shape index (κ1) is 17.0. The van der Waals surface area contributed by atoms with Crippen molar-refractivity contribution < 1.29 is 24.2 Å². The summed E-state index contributed by atoms with van der Waals surface area (Å²) < 4.78 is 10.4. The molecule has 0 aromatic heterocycles. The van der Waals surface area contributed by atoms with E-state index in [2.05, 4.69) is 5.32 Å². The number of hydrogen-bond donors (Lipinski definition) is 2. The quantitative estimate of drug-likeness (QED) is 0.562. The molecular formula is C15H21NO5. The Morgan fingerprint density at radius 2 is 1.76 bits per heavy atom. The fourth-order valence-corrected chi connectivity index (χ4v) is 1.56. The molecule has 116 valence electrons. The smallest absolute Gasteiger partial charge is 0.325 e. The van der Waals surface area contributed by atoms with Crippen LogP contribution < -0.4 is 14.8 Å². The predicted octanol–water partition coefficient (Wildman–Crippen LogP) is 1.83. The molecule has 0 saturated heterocycles. The number of rotatable bonds is 8. The molecule has 0 aliphatic carbocycles. The minimum absolute atomic E-state index is 0.177. The van der Waals surface area contributed by atoms with Crippen LogP contribution in [0, 0.1) is 0 Å². The Morgan fingerprint density at radius 3 is 2.24 bits per heavy atom. The Labute approximate surface area is 124 Å². The van der Waals surface area contributed by atoms with Crippen LogP contribution in [-0.4, -0.2) is 35.7 Å². The Morgan fingerprint density at radius 1 is 1.19 bits per heavy atom. The van der Waals surface area contributed by atoms with Crippen molar-refractivity contribution in [2.45, 2.75) is 32.7 Å². The number of benzene rings is 1. The van der Waals surface area contributed by atoms with Crippen molar-refractivity contribution in [3.05, 3.63) is 24.3 Å². The minimum atomic E-state index is -1.14. The van der Waals surface area contributed by atoms with Gasteiger partial charge in [-0.2, -0.15) is 0 Å². The third-order valence-corrected chi connectivity index (χ3v) is 3.17. The minimum Gasteiger partial charge on any atom is -0.494 e. The van der Waals surface area contributed by atoms with E-state index in [-0.39, 0.29) is 6.54 Å².